The van der Waals surface area contributed by atoms with Crippen LogP contribution in [0.5, 0.6) is 11.5 Å². The van der Waals surface area contributed by atoms with Gasteiger partial charge in [-0.2, -0.15) is 13.2 Å². The third-order valence-corrected chi connectivity index (χ3v) is 3.52. The zero-order valence-electron chi connectivity index (χ0n) is 11.0. The van der Waals surface area contributed by atoms with Crippen molar-refractivity contribution in [3.05, 3.63) is 58.9 Å². The molecule has 0 aliphatic carbocycles. The number of benzene rings is 2. The smallest absolute Gasteiger partial charge is 0.419 e. The lowest BCUT2D eigenvalue weighted by atomic mass is 10.1. The van der Waals surface area contributed by atoms with Gasteiger partial charge >= 0.3 is 6.18 Å². The highest BCUT2D eigenvalue weighted by molar-refractivity contribution is 9.08. The lowest BCUT2D eigenvalue weighted by Crippen LogP contribution is -2.08. The lowest BCUT2D eigenvalue weighted by molar-refractivity contribution is -0.138. The summed E-state index contributed by atoms with van der Waals surface area (Å²) in [5.74, 6) is -0.853. The minimum Gasteiger partial charge on any atom is -0.456 e. The Labute approximate surface area is 127 Å². The third kappa shape index (κ3) is 3.75. The van der Waals surface area contributed by atoms with E-state index in [0.29, 0.717) is 16.5 Å². The first-order valence-corrected chi connectivity index (χ1v) is 7.13. The normalized spacial score (nSPS) is 11.5. The summed E-state index contributed by atoms with van der Waals surface area (Å²) in [6.45, 7) is 1.63. The molecule has 2 aromatic carbocycles. The largest absolute Gasteiger partial charge is 0.456 e. The molecule has 21 heavy (non-hydrogen) atoms. The molecule has 0 saturated heterocycles. The van der Waals surface area contributed by atoms with Crippen LogP contribution in [0, 0.1) is 12.7 Å². The van der Waals surface area contributed by atoms with Crippen LogP contribution < -0.4 is 4.74 Å². The second-order valence-corrected chi connectivity index (χ2v) is 5.03. The molecular weight excluding hydrogens is 352 g/mol. The lowest BCUT2D eigenvalue weighted by Gasteiger charge is -2.16. The van der Waals surface area contributed by atoms with Crippen molar-refractivity contribution < 1.29 is 22.3 Å². The molecule has 0 amide bonds. The fourth-order valence-electron chi connectivity index (χ4n) is 1.77. The Hall–Kier alpha value is -1.56. The summed E-state index contributed by atoms with van der Waals surface area (Å²) in [4.78, 5) is 0. The van der Waals surface area contributed by atoms with E-state index < -0.39 is 17.6 Å². The van der Waals surface area contributed by atoms with Gasteiger partial charge in [0.25, 0.3) is 0 Å². The van der Waals surface area contributed by atoms with Crippen molar-refractivity contribution in [1.82, 2.24) is 0 Å². The predicted octanol–water partition coefficient (Wildman–Crippen LogP) is 5.84. The molecule has 2 rings (SSSR count). The van der Waals surface area contributed by atoms with Crippen LogP contribution >= 0.6 is 15.9 Å². The summed E-state index contributed by atoms with van der Waals surface area (Å²) in [6, 6.07) is 7.51. The molecular formula is C15H11BrF4O. The standard InChI is InChI=1S/C15H11BrF4O/c1-9-2-4-11(17)7-14(9)21-13-5-3-10(8-16)6-12(13)15(18,19)20/h2-7H,8H2,1H3. The van der Waals surface area contributed by atoms with Crippen LogP contribution in [0.25, 0.3) is 0 Å². The Morgan fingerprint density at radius 3 is 2.38 bits per heavy atom. The molecule has 0 fully saturated rings. The quantitative estimate of drug-likeness (QED) is 0.492. The number of alkyl halides is 4. The van der Waals surface area contributed by atoms with Crippen molar-refractivity contribution in [2.45, 2.75) is 18.4 Å². The van der Waals surface area contributed by atoms with Gasteiger partial charge in [0.15, 0.2) is 0 Å². The summed E-state index contributed by atoms with van der Waals surface area (Å²) in [5.41, 5.74) is 0.142. The van der Waals surface area contributed by atoms with Crippen LogP contribution in [-0.4, -0.2) is 0 Å². The number of hydrogen-bond donors (Lipinski definition) is 0. The second kappa shape index (κ2) is 6.05. The van der Waals surface area contributed by atoms with E-state index in [1.807, 2.05) is 0 Å². The summed E-state index contributed by atoms with van der Waals surface area (Å²) in [6.07, 6.45) is -4.55. The number of ether oxygens (including phenoxy) is 1. The molecule has 0 bridgehead atoms. The second-order valence-electron chi connectivity index (χ2n) is 4.47. The SMILES string of the molecule is Cc1ccc(F)cc1Oc1ccc(CBr)cc1C(F)(F)F. The average molecular weight is 363 g/mol. The maximum absolute atomic E-state index is 13.2. The van der Waals surface area contributed by atoms with Gasteiger partial charge in [-0.15, -0.1) is 0 Å². The van der Waals surface area contributed by atoms with Crippen molar-refractivity contribution in [3.63, 3.8) is 0 Å². The monoisotopic (exact) mass is 362 g/mol. The topological polar surface area (TPSA) is 9.23 Å². The maximum Gasteiger partial charge on any atom is 0.419 e. The summed E-state index contributed by atoms with van der Waals surface area (Å²) in [5, 5.41) is 0.301. The van der Waals surface area contributed by atoms with E-state index in [9.17, 15) is 17.6 Å². The Morgan fingerprint density at radius 2 is 1.76 bits per heavy atom. The summed E-state index contributed by atoms with van der Waals surface area (Å²) < 4.78 is 57.7. The number of rotatable bonds is 3. The van der Waals surface area contributed by atoms with Crippen molar-refractivity contribution in [1.29, 1.82) is 0 Å². The Balaban J connectivity index is 2.46. The number of aryl methyl sites for hydroxylation is 1. The van der Waals surface area contributed by atoms with Crippen LogP contribution in [0.2, 0.25) is 0 Å². The van der Waals surface area contributed by atoms with Crippen molar-refractivity contribution in [3.8, 4) is 11.5 Å². The van der Waals surface area contributed by atoms with Gasteiger partial charge in [0.2, 0.25) is 0 Å². The summed E-state index contributed by atoms with van der Waals surface area (Å²) >= 11 is 3.11. The van der Waals surface area contributed by atoms with E-state index in [1.54, 1.807) is 6.92 Å². The zero-order chi connectivity index (χ0) is 15.6. The van der Waals surface area contributed by atoms with Crippen molar-refractivity contribution >= 4 is 15.9 Å². The van der Waals surface area contributed by atoms with Crippen molar-refractivity contribution in [2.24, 2.45) is 0 Å². The zero-order valence-corrected chi connectivity index (χ0v) is 12.6. The van der Waals surface area contributed by atoms with Gasteiger partial charge in [0.05, 0.1) is 5.56 Å². The molecule has 0 aliphatic rings. The first kappa shape index (κ1) is 15.8. The molecule has 0 spiro atoms. The average Bonchev–Trinajstić information content (AvgIpc) is 2.42. The van der Waals surface area contributed by atoms with Crippen LogP contribution in [0.15, 0.2) is 36.4 Å². The number of halogens is 5. The fourth-order valence-corrected chi connectivity index (χ4v) is 2.12. The molecule has 0 atom stereocenters. The molecule has 0 radical (unpaired) electrons. The highest BCUT2D eigenvalue weighted by atomic mass is 79.9. The van der Waals surface area contributed by atoms with Gasteiger partial charge in [-0.05, 0) is 36.2 Å². The van der Waals surface area contributed by atoms with E-state index in [4.69, 9.17) is 4.74 Å². The van der Waals surface area contributed by atoms with E-state index in [-0.39, 0.29) is 11.5 Å². The van der Waals surface area contributed by atoms with E-state index in [0.717, 1.165) is 12.1 Å². The third-order valence-electron chi connectivity index (χ3n) is 2.87. The van der Waals surface area contributed by atoms with Crippen LogP contribution in [0.4, 0.5) is 17.6 Å². The van der Waals surface area contributed by atoms with Crippen molar-refractivity contribution in [2.75, 3.05) is 0 Å². The minimum absolute atomic E-state index is 0.0621. The van der Waals surface area contributed by atoms with E-state index in [1.165, 1.54) is 24.3 Å². The highest BCUT2D eigenvalue weighted by Crippen LogP contribution is 2.39. The highest BCUT2D eigenvalue weighted by Gasteiger charge is 2.35. The number of hydrogen-bond acceptors (Lipinski definition) is 1. The molecule has 0 aliphatic heterocycles. The molecule has 6 heteroatoms. The Morgan fingerprint density at radius 1 is 1.05 bits per heavy atom. The molecule has 1 nitrogen and oxygen atoms in total. The Bertz CT molecular complexity index is 653. The Kier molecular flexibility index (Phi) is 4.56. The fraction of sp³-hybridized carbons (Fsp3) is 0.200. The van der Waals surface area contributed by atoms with Crippen LogP contribution in [0.1, 0.15) is 16.7 Å². The van der Waals surface area contributed by atoms with Gasteiger partial charge in [0.1, 0.15) is 17.3 Å². The molecule has 112 valence electrons. The predicted molar refractivity (Wildman–Crippen MR) is 75.3 cm³/mol. The van der Waals surface area contributed by atoms with E-state index in [2.05, 4.69) is 15.9 Å². The van der Waals surface area contributed by atoms with Crippen LogP contribution in [-0.2, 0) is 11.5 Å². The minimum atomic E-state index is -4.55. The molecule has 0 N–H and O–H groups in total. The van der Waals surface area contributed by atoms with E-state index >= 15 is 0 Å². The molecule has 2 aromatic rings. The van der Waals surface area contributed by atoms with Gasteiger partial charge in [-0.25, -0.2) is 4.39 Å². The van der Waals surface area contributed by atoms with Gasteiger partial charge < -0.3 is 4.74 Å². The van der Waals surface area contributed by atoms with Crippen LogP contribution in [0.3, 0.4) is 0 Å². The maximum atomic E-state index is 13.2. The first-order chi connectivity index (χ1) is 9.81. The van der Waals surface area contributed by atoms with Gasteiger partial charge in [-0.3, -0.25) is 0 Å². The molecule has 0 unspecified atom stereocenters. The first-order valence-electron chi connectivity index (χ1n) is 6.01. The molecule has 0 aromatic heterocycles. The summed E-state index contributed by atoms with van der Waals surface area (Å²) in [7, 11) is 0. The van der Waals surface area contributed by atoms with Gasteiger partial charge in [-0.1, -0.05) is 28.1 Å². The molecule has 0 heterocycles. The van der Waals surface area contributed by atoms with Gasteiger partial charge in [0, 0.05) is 11.4 Å². The molecule has 0 saturated carbocycles.